The standard InChI is InChI=1S/C8H9N3O/c1-6(12)7-5-11-3-2-9-4-8(11)10-7/h2-6,12H,1H3. The van der Waals surface area contributed by atoms with Crippen molar-refractivity contribution in [1.82, 2.24) is 14.4 Å². The maximum absolute atomic E-state index is 9.23. The molecule has 0 spiro atoms. The first kappa shape index (κ1) is 7.24. The van der Waals surface area contributed by atoms with Crippen molar-refractivity contribution in [2.24, 2.45) is 0 Å². The summed E-state index contributed by atoms with van der Waals surface area (Å²) in [5.74, 6) is 0. The van der Waals surface area contributed by atoms with Crippen LogP contribution in [0.4, 0.5) is 0 Å². The van der Waals surface area contributed by atoms with E-state index in [0.29, 0.717) is 5.69 Å². The van der Waals surface area contributed by atoms with Gasteiger partial charge in [0, 0.05) is 18.6 Å². The molecular formula is C8H9N3O. The van der Waals surface area contributed by atoms with E-state index in [1.165, 1.54) is 0 Å². The van der Waals surface area contributed by atoms with Gasteiger partial charge < -0.3 is 9.51 Å². The van der Waals surface area contributed by atoms with E-state index in [-0.39, 0.29) is 0 Å². The molecule has 0 amide bonds. The minimum Gasteiger partial charge on any atom is -0.387 e. The molecule has 0 saturated heterocycles. The van der Waals surface area contributed by atoms with E-state index >= 15 is 0 Å². The molecule has 2 rings (SSSR count). The van der Waals surface area contributed by atoms with Crippen LogP contribution in [0.15, 0.2) is 24.8 Å². The molecule has 4 heteroatoms. The topological polar surface area (TPSA) is 50.4 Å². The van der Waals surface area contributed by atoms with Crippen molar-refractivity contribution < 1.29 is 5.11 Å². The maximum Gasteiger partial charge on any atom is 0.155 e. The van der Waals surface area contributed by atoms with E-state index in [9.17, 15) is 5.11 Å². The Labute approximate surface area is 69.5 Å². The third kappa shape index (κ3) is 1.06. The highest BCUT2D eigenvalue weighted by Crippen LogP contribution is 2.10. The molecule has 0 radical (unpaired) electrons. The van der Waals surface area contributed by atoms with E-state index in [1.54, 1.807) is 31.7 Å². The normalized spacial score (nSPS) is 13.5. The van der Waals surface area contributed by atoms with Crippen LogP contribution in [-0.4, -0.2) is 19.5 Å². The molecule has 0 aliphatic carbocycles. The third-order valence-corrected chi connectivity index (χ3v) is 1.71. The molecule has 1 N–H and O–H groups in total. The van der Waals surface area contributed by atoms with E-state index < -0.39 is 6.10 Å². The van der Waals surface area contributed by atoms with Crippen LogP contribution >= 0.6 is 0 Å². The van der Waals surface area contributed by atoms with Gasteiger partial charge in [-0.3, -0.25) is 4.98 Å². The fourth-order valence-corrected chi connectivity index (χ4v) is 1.06. The Bertz CT molecular complexity index is 361. The van der Waals surface area contributed by atoms with E-state index in [2.05, 4.69) is 9.97 Å². The Kier molecular flexibility index (Phi) is 1.55. The van der Waals surface area contributed by atoms with Crippen LogP contribution in [0.2, 0.25) is 0 Å². The summed E-state index contributed by atoms with van der Waals surface area (Å²) >= 11 is 0. The number of imidazole rings is 1. The highest BCUT2D eigenvalue weighted by atomic mass is 16.3. The monoisotopic (exact) mass is 163 g/mol. The second kappa shape index (κ2) is 2.57. The van der Waals surface area contributed by atoms with Gasteiger partial charge >= 0.3 is 0 Å². The molecule has 2 heterocycles. The molecule has 0 bridgehead atoms. The summed E-state index contributed by atoms with van der Waals surface area (Å²) in [6, 6.07) is 0. The van der Waals surface area contributed by atoms with Crippen LogP contribution in [0, 0.1) is 0 Å². The number of nitrogens with zero attached hydrogens (tertiary/aromatic N) is 3. The summed E-state index contributed by atoms with van der Waals surface area (Å²) in [5.41, 5.74) is 1.43. The average Bonchev–Trinajstić information content (AvgIpc) is 2.46. The highest BCUT2D eigenvalue weighted by molar-refractivity contribution is 5.36. The largest absolute Gasteiger partial charge is 0.387 e. The number of fused-ring (bicyclic) bond motifs is 1. The molecule has 0 aromatic carbocycles. The summed E-state index contributed by atoms with van der Waals surface area (Å²) in [5, 5.41) is 9.23. The Balaban J connectivity index is 2.62. The first-order chi connectivity index (χ1) is 5.77. The zero-order chi connectivity index (χ0) is 8.55. The van der Waals surface area contributed by atoms with Gasteiger partial charge in [-0.1, -0.05) is 0 Å². The van der Waals surface area contributed by atoms with Crippen molar-refractivity contribution in [3.05, 3.63) is 30.5 Å². The molecule has 1 unspecified atom stereocenters. The predicted octanol–water partition coefficient (Wildman–Crippen LogP) is 0.783. The molecule has 2 aromatic heterocycles. The number of hydrogen-bond donors (Lipinski definition) is 1. The number of aliphatic hydroxyl groups is 1. The van der Waals surface area contributed by atoms with Crippen LogP contribution in [0.3, 0.4) is 0 Å². The van der Waals surface area contributed by atoms with Gasteiger partial charge in [0.25, 0.3) is 0 Å². The average molecular weight is 163 g/mol. The SMILES string of the molecule is CC(O)c1cn2ccncc2n1. The summed E-state index contributed by atoms with van der Waals surface area (Å²) in [4.78, 5) is 8.08. The van der Waals surface area contributed by atoms with Crippen LogP contribution in [0.1, 0.15) is 18.7 Å². The van der Waals surface area contributed by atoms with Gasteiger partial charge in [0.05, 0.1) is 18.0 Å². The van der Waals surface area contributed by atoms with Crippen molar-refractivity contribution in [1.29, 1.82) is 0 Å². The molecule has 1 atom stereocenters. The smallest absolute Gasteiger partial charge is 0.155 e. The summed E-state index contributed by atoms with van der Waals surface area (Å²) < 4.78 is 1.83. The number of aromatic nitrogens is 3. The van der Waals surface area contributed by atoms with Crippen LogP contribution in [0.25, 0.3) is 5.65 Å². The summed E-state index contributed by atoms with van der Waals surface area (Å²) in [6.45, 7) is 1.69. The van der Waals surface area contributed by atoms with Crippen molar-refractivity contribution in [3.63, 3.8) is 0 Å². The van der Waals surface area contributed by atoms with Crippen LogP contribution in [0.5, 0.6) is 0 Å². The molecule has 0 aliphatic rings. The van der Waals surface area contributed by atoms with Crippen molar-refractivity contribution in [2.75, 3.05) is 0 Å². The third-order valence-electron chi connectivity index (χ3n) is 1.71. The molecule has 0 aliphatic heterocycles. The van der Waals surface area contributed by atoms with E-state index in [4.69, 9.17) is 0 Å². The molecule has 4 nitrogen and oxygen atoms in total. The molecule has 62 valence electrons. The lowest BCUT2D eigenvalue weighted by Gasteiger charge is -1.94. The number of rotatable bonds is 1. The Hall–Kier alpha value is -1.42. The van der Waals surface area contributed by atoms with Gasteiger partial charge in [-0.05, 0) is 6.92 Å². The van der Waals surface area contributed by atoms with Crippen LogP contribution in [-0.2, 0) is 0 Å². The number of aliphatic hydroxyl groups excluding tert-OH is 1. The van der Waals surface area contributed by atoms with E-state index in [0.717, 1.165) is 5.65 Å². The second-order valence-corrected chi connectivity index (χ2v) is 2.68. The lowest BCUT2D eigenvalue weighted by Crippen LogP contribution is -1.89. The van der Waals surface area contributed by atoms with Gasteiger partial charge in [-0.25, -0.2) is 4.98 Å². The highest BCUT2D eigenvalue weighted by Gasteiger charge is 2.05. The Morgan fingerprint density at radius 3 is 3.08 bits per heavy atom. The minimum atomic E-state index is -0.523. The molecule has 2 aromatic rings. The van der Waals surface area contributed by atoms with Crippen molar-refractivity contribution in [3.8, 4) is 0 Å². The second-order valence-electron chi connectivity index (χ2n) is 2.68. The minimum absolute atomic E-state index is 0.523. The zero-order valence-corrected chi connectivity index (χ0v) is 6.68. The van der Waals surface area contributed by atoms with Gasteiger partial charge in [0.1, 0.15) is 0 Å². The fourth-order valence-electron chi connectivity index (χ4n) is 1.06. The van der Waals surface area contributed by atoms with Crippen molar-refractivity contribution >= 4 is 5.65 Å². The van der Waals surface area contributed by atoms with Gasteiger partial charge in [-0.15, -0.1) is 0 Å². The van der Waals surface area contributed by atoms with Crippen LogP contribution < -0.4 is 0 Å². The van der Waals surface area contributed by atoms with Gasteiger partial charge in [0.2, 0.25) is 0 Å². The molecule has 12 heavy (non-hydrogen) atoms. The van der Waals surface area contributed by atoms with Gasteiger partial charge in [0.15, 0.2) is 5.65 Å². The molecule has 0 fully saturated rings. The first-order valence-corrected chi connectivity index (χ1v) is 3.74. The zero-order valence-electron chi connectivity index (χ0n) is 6.68. The lowest BCUT2D eigenvalue weighted by atomic mass is 10.3. The summed E-state index contributed by atoms with van der Waals surface area (Å²) in [7, 11) is 0. The quantitative estimate of drug-likeness (QED) is 0.676. The van der Waals surface area contributed by atoms with E-state index in [1.807, 2.05) is 4.40 Å². The first-order valence-electron chi connectivity index (χ1n) is 3.74. The fraction of sp³-hybridized carbons (Fsp3) is 0.250. The molecular weight excluding hydrogens is 154 g/mol. The Morgan fingerprint density at radius 2 is 2.42 bits per heavy atom. The van der Waals surface area contributed by atoms with Crippen molar-refractivity contribution in [2.45, 2.75) is 13.0 Å². The predicted molar refractivity (Wildman–Crippen MR) is 43.6 cm³/mol. The lowest BCUT2D eigenvalue weighted by molar-refractivity contribution is 0.195. The maximum atomic E-state index is 9.23. The Morgan fingerprint density at radius 1 is 1.58 bits per heavy atom. The summed E-state index contributed by atoms with van der Waals surface area (Å²) in [6.07, 6.45) is 6.41. The molecule has 0 saturated carbocycles. The number of hydrogen-bond acceptors (Lipinski definition) is 3. The van der Waals surface area contributed by atoms with Gasteiger partial charge in [-0.2, -0.15) is 0 Å².